The van der Waals surface area contributed by atoms with Crippen LogP contribution in [0.2, 0.25) is 0 Å². The highest BCUT2D eigenvalue weighted by Gasteiger charge is 2.26. The molecule has 0 saturated carbocycles. The van der Waals surface area contributed by atoms with Crippen molar-refractivity contribution in [2.75, 3.05) is 0 Å². The number of nitrogens with zero attached hydrogens (tertiary/aromatic N) is 1. The van der Waals surface area contributed by atoms with E-state index >= 15 is 0 Å². The molecule has 4 heteroatoms. The summed E-state index contributed by atoms with van der Waals surface area (Å²) in [5, 5.41) is 13.4. The predicted octanol–water partition coefficient (Wildman–Crippen LogP) is 3.94. The van der Waals surface area contributed by atoms with Gasteiger partial charge in [0.15, 0.2) is 5.76 Å². The van der Waals surface area contributed by atoms with Crippen LogP contribution in [0.15, 0.2) is 34.9 Å². The molecule has 0 aliphatic rings. The van der Waals surface area contributed by atoms with Crippen LogP contribution in [0.5, 0.6) is 0 Å². The zero-order valence-corrected chi connectivity index (χ0v) is 11.1. The second-order valence-electron chi connectivity index (χ2n) is 4.63. The van der Waals surface area contributed by atoms with Gasteiger partial charge in [-0.1, -0.05) is 55.8 Å². The minimum Gasteiger partial charge on any atom is -0.477 e. The van der Waals surface area contributed by atoms with Gasteiger partial charge in [0.25, 0.3) is 0 Å². The SMILES string of the molecule is CCCC(C)c1noc(-c2ccccc2)c1C(=O)O. The zero-order chi connectivity index (χ0) is 13.8. The summed E-state index contributed by atoms with van der Waals surface area (Å²) in [4.78, 5) is 11.5. The summed E-state index contributed by atoms with van der Waals surface area (Å²) in [5.74, 6) is -0.568. The van der Waals surface area contributed by atoms with Gasteiger partial charge in [0.1, 0.15) is 11.3 Å². The topological polar surface area (TPSA) is 63.3 Å². The Morgan fingerprint density at radius 3 is 2.63 bits per heavy atom. The maximum absolute atomic E-state index is 11.5. The minimum absolute atomic E-state index is 0.0808. The van der Waals surface area contributed by atoms with Crippen LogP contribution in [0.1, 0.15) is 48.7 Å². The number of carbonyl (C=O) groups is 1. The molecule has 0 aliphatic carbocycles. The van der Waals surface area contributed by atoms with E-state index in [-0.39, 0.29) is 11.5 Å². The van der Waals surface area contributed by atoms with Crippen molar-refractivity contribution in [1.29, 1.82) is 0 Å². The van der Waals surface area contributed by atoms with E-state index in [1.54, 1.807) is 0 Å². The normalized spacial score (nSPS) is 12.3. The Labute approximate surface area is 112 Å². The molecule has 1 heterocycles. The van der Waals surface area contributed by atoms with Gasteiger partial charge in [0.2, 0.25) is 0 Å². The van der Waals surface area contributed by atoms with Gasteiger partial charge in [0.05, 0.1) is 0 Å². The largest absolute Gasteiger partial charge is 0.477 e. The third-order valence-electron chi connectivity index (χ3n) is 3.16. The third-order valence-corrected chi connectivity index (χ3v) is 3.16. The lowest BCUT2D eigenvalue weighted by molar-refractivity contribution is 0.0695. The van der Waals surface area contributed by atoms with E-state index < -0.39 is 5.97 Å². The number of benzene rings is 1. The molecule has 0 fully saturated rings. The number of aromatic carboxylic acids is 1. The molecule has 1 atom stereocenters. The summed E-state index contributed by atoms with van der Waals surface area (Å²) in [6.45, 7) is 4.04. The zero-order valence-electron chi connectivity index (χ0n) is 11.1. The van der Waals surface area contributed by atoms with Crippen LogP contribution in [-0.4, -0.2) is 16.2 Å². The van der Waals surface area contributed by atoms with Gasteiger partial charge in [-0.15, -0.1) is 0 Å². The molecule has 0 aliphatic heterocycles. The fourth-order valence-electron chi connectivity index (χ4n) is 2.20. The lowest BCUT2D eigenvalue weighted by atomic mass is 9.96. The highest BCUT2D eigenvalue weighted by atomic mass is 16.5. The molecule has 0 bridgehead atoms. The van der Waals surface area contributed by atoms with Gasteiger partial charge in [-0.25, -0.2) is 4.79 Å². The minimum atomic E-state index is -0.988. The Hall–Kier alpha value is -2.10. The summed E-state index contributed by atoms with van der Waals surface area (Å²) in [6, 6.07) is 9.21. The monoisotopic (exact) mass is 259 g/mol. The molecule has 0 saturated heterocycles. The lowest BCUT2D eigenvalue weighted by Gasteiger charge is -2.06. The summed E-state index contributed by atoms with van der Waals surface area (Å²) < 4.78 is 5.28. The van der Waals surface area contributed by atoms with Crippen molar-refractivity contribution in [2.24, 2.45) is 0 Å². The van der Waals surface area contributed by atoms with E-state index in [0.29, 0.717) is 11.5 Å². The van der Waals surface area contributed by atoms with Crippen molar-refractivity contribution in [3.05, 3.63) is 41.6 Å². The Morgan fingerprint density at radius 1 is 1.37 bits per heavy atom. The average molecular weight is 259 g/mol. The van der Waals surface area contributed by atoms with Gasteiger partial charge in [-0.2, -0.15) is 0 Å². The van der Waals surface area contributed by atoms with Crippen molar-refractivity contribution in [2.45, 2.75) is 32.6 Å². The van der Waals surface area contributed by atoms with Crippen molar-refractivity contribution >= 4 is 5.97 Å². The molecule has 2 rings (SSSR count). The number of carboxylic acids is 1. The number of hydrogen-bond donors (Lipinski definition) is 1. The molecule has 1 aromatic carbocycles. The summed E-state index contributed by atoms with van der Waals surface area (Å²) in [6.07, 6.45) is 1.87. The third kappa shape index (κ3) is 2.67. The van der Waals surface area contributed by atoms with Crippen LogP contribution < -0.4 is 0 Å². The maximum Gasteiger partial charge on any atom is 0.341 e. The summed E-state index contributed by atoms with van der Waals surface area (Å²) in [7, 11) is 0. The Kier molecular flexibility index (Phi) is 4.00. The number of rotatable bonds is 5. The highest BCUT2D eigenvalue weighted by molar-refractivity contribution is 5.95. The molecule has 2 aromatic rings. The molecular formula is C15H17NO3. The number of hydrogen-bond acceptors (Lipinski definition) is 3. The van der Waals surface area contributed by atoms with E-state index in [9.17, 15) is 9.90 Å². The van der Waals surface area contributed by atoms with Crippen LogP contribution in [0.25, 0.3) is 11.3 Å². The van der Waals surface area contributed by atoms with Gasteiger partial charge in [-0.05, 0) is 6.42 Å². The average Bonchev–Trinajstić information content (AvgIpc) is 2.85. The Balaban J connectivity index is 2.49. The molecule has 1 unspecified atom stereocenters. The van der Waals surface area contributed by atoms with Gasteiger partial charge in [0, 0.05) is 11.5 Å². The number of carboxylic acid groups (broad SMARTS) is 1. The van der Waals surface area contributed by atoms with E-state index in [1.165, 1.54) is 0 Å². The smallest absolute Gasteiger partial charge is 0.341 e. The summed E-state index contributed by atoms with van der Waals surface area (Å²) >= 11 is 0. The molecular weight excluding hydrogens is 242 g/mol. The Morgan fingerprint density at radius 2 is 2.05 bits per heavy atom. The molecule has 0 amide bonds. The first kappa shape index (κ1) is 13.3. The molecule has 19 heavy (non-hydrogen) atoms. The van der Waals surface area contributed by atoms with E-state index in [1.807, 2.05) is 37.3 Å². The molecule has 4 nitrogen and oxygen atoms in total. The second-order valence-corrected chi connectivity index (χ2v) is 4.63. The predicted molar refractivity (Wildman–Crippen MR) is 72.2 cm³/mol. The highest BCUT2D eigenvalue weighted by Crippen LogP contribution is 2.31. The first-order valence-electron chi connectivity index (χ1n) is 6.43. The molecule has 100 valence electrons. The first-order chi connectivity index (χ1) is 9.15. The van der Waals surface area contributed by atoms with Gasteiger partial charge >= 0.3 is 5.97 Å². The standard InChI is InChI=1S/C15H17NO3/c1-3-7-10(2)13-12(15(17)18)14(19-16-13)11-8-5-4-6-9-11/h4-6,8-10H,3,7H2,1-2H3,(H,17,18). The van der Waals surface area contributed by atoms with Gasteiger partial charge < -0.3 is 9.63 Å². The summed E-state index contributed by atoms with van der Waals surface area (Å²) in [5.41, 5.74) is 1.46. The van der Waals surface area contributed by atoms with Gasteiger partial charge in [-0.3, -0.25) is 0 Å². The van der Waals surface area contributed by atoms with Crippen molar-refractivity contribution < 1.29 is 14.4 Å². The fraction of sp³-hybridized carbons (Fsp3) is 0.333. The van der Waals surface area contributed by atoms with Crippen molar-refractivity contribution in [3.8, 4) is 11.3 Å². The lowest BCUT2D eigenvalue weighted by Crippen LogP contribution is -2.05. The molecule has 1 N–H and O–H groups in total. The van der Waals surface area contributed by atoms with Crippen LogP contribution in [0.4, 0.5) is 0 Å². The van der Waals surface area contributed by atoms with Crippen LogP contribution in [-0.2, 0) is 0 Å². The van der Waals surface area contributed by atoms with E-state index in [0.717, 1.165) is 18.4 Å². The van der Waals surface area contributed by atoms with E-state index in [2.05, 4.69) is 12.1 Å². The maximum atomic E-state index is 11.5. The molecule has 1 aromatic heterocycles. The van der Waals surface area contributed by atoms with Crippen molar-refractivity contribution in [3.63, 3.8) is 0 Å². The van der Waals surface area contributed by atoms with Crippen molar-refractivity contribution in [1.82, 2.24) is 5.16 Å². The first-order valence-corrected chi connectivity index (χ1v) is 6.43. The van der Waals surface area contributed by atoms with Crippen LogP contribution in [0, 0.1) is 0 Å². The second kappa shape index (κ2) is 5.69. The molecule has 0 spiro atoms. The number of aromatic nitrogens is 1. The fourth-order valence-corrected chi connectivity index (χ4v) is 2.20. The van der Waals surface area contributed by atoms with E-state index in [4.69, 9.17) is 4.52 Å². The van der Waals surface area contributed by atoms with Crippen LogP contribution >= 0.6 is 0 Å². The quantitative estimate of drug-likeness (QED) is 0.883. The Bertz CT molecular complexity index is 560. The van der Waals surface area contributed by atoms with Crippen LogP contribution in [0.3, 0.4) is 0 Å². The molecule has 0 radical (unpaired) electrons.